The average Bonchev–Trinajstić information content (AvgIpc) is 3.86. The molecule has 0 atom stereocenters. The van der Waals surface area contributed by atoms with Gasteiger partial charge in [0, 0.05) is 27.2 Å². The number of hydrogen-bond donors (Lipinski definition) is 0. The minimum absolute atomic E-state index is 0.862. The summed E-state index contributed by atoms with van der Waals surface area (Å²) < 4.78 is 12.7. The molecule has 0 aliphatic carbocycles. The van der Waals surface area contributed by atoms with E-state index in [-0.39, 0.29) is 0 Å². The van der Waals surface area contributed by atoms with Gasteiger partial charge in [-0.05, 0) is 104 Å². The highest BCUT2D eigenvalue weighted by Gasteiger charge is 2.22. The first-order valence-corrected chi connectivity index (χ1v) is 19.4. The number of hydrogen-bond acceptors (Lipinski definition) is 3. The summed E-state index contributed by atoms with van der Waals surface area (Å²) in [5.41, 5.74) is 11.5. The van der Waals surface area contributed by atoms with Crippen LogP contribution in [-0.4, -0.2) is 0 Å². The molecule has 0 fully saturated rings. The summed E-state index contributed by atoms with van der Waals surface area (Å²) in [6.45, 7) is 0. The Labute approximate surface area is 328 Å². The van der Waals surface area contributed by atoms with E-state index in [1.54, 1.807) is 0 Å². The second-order valence-corrected chi connectivity index (χ2v) is 14.8. The zero-order valence-corrected chi connectivity index (χ0v) is 30.8. The lowest BCUT2D eigenvalue weighted by Gasteiger charge is -2.28. The monoisotopic (exact) mass is 727 g/mol. The van der Waals surface area contributed by atoms with Crippen LogP contribution in [0.15, 0.2) is 209 Å². The third-order valence-electron chi connectivity index (χ3n) is 11.7. The van der Waals surface area contributed by atoms with Crippen molar-refractivity contribution in [2.75, 3.05) is 4.90 Å². The molecule has 3 heteroatoms. The molecule has 0 unspecified atom stereocenters. The van der Waals surface area contributed by atoms with Gasteiger partial charge >= 0.3 is 0 Å². The van der Waals surface area contributed by atoms with Gasteiger partial charge in [0.2, 0.25) is 0 Å². The number of rotatable bonds is 5. The summed E-state index contributed by atoms with van der Waals surface area (Å²) in [5, 5.41) is 11.7. The fourth-order valence-corrected chi connectivity index (χ4v) is 9.06. The molecule has 0 saturated heterocycles. The molecule has 2 heterocycles. The summed E-state index contributed by atoms with van der Waals surface area (Å²) in [5.74, 6) is 0. The summed E-state index contributed by atoms with van der Waals surface area (Å²) in [7, 11) is 0. The van der Waals surface area contributed by atoms with Crippen molar-refractivity contribution in [1.29, 1.82) is 0 Å². The Morgan fingerprint density at radius 3 is 1.67 bits per heavy atom. The van der Waals surface area contributed by atoms with Crippen LogP contribution in [0.3, 0.4) is 0 Å². The molecule has 0 N–H and O–H groups in total. The second-order valence-electron chi connectivity index (χ2n) is 14.8. The van der Waals surface area contributed by atoms with Crippen molar-refractivity contribution in [3.05, 3.63) is 200 Å². The Balaban J connectivity index is 1.08. The Morgan fingerprint density at radius 1 is 0.298 bits per heavy atom. The van der Waals surface area contributed by atoms with Crippen molar-refractivity contribution in [2.45, 2.75) is 0 Å². The molecule has 0 saturated carbocycles. The summed E-state index contributed by atoms with van der Waals surface area (Å²) in [6.07, 6.45) is 0. The normalized spacial score (nSPS) is 11.9. The molecule has 12 rings (SSSR count). The van der Waals surface area contributed by atoms with E-state index in [9.17, 15) is 0 Å². The standard InChI is InChI=1S/C54H33NO2/c1-2-13-39-34(11-1)12-9-18-40(39)35-25-28-38(29-26-35)55(48-19-10-22-51-54(48)45-17-6-8-21-50(45)56-51)47-31-30-41(42-14-3-4-15-43(42)47)37-24-23-36-27-32-52-53(46(36)33-37)44-16-5-7-20-49(44)57-52/h1-33H. The van der Waals surface area contributed by atoms with Crippen molar-refractivity contribution < 1.29 is 8.83 Å². The predicted molar refractivity (Wildman–Crippen MR) is 239 cm³/mol. The lowest BCUT2D eigenvalue weighted by atomic mass is 9.93. The number of para-hydroxylation sites is 2. The van der Waals surface area contributed by atoms with Crippen molar-refractivity contribution in [2.24, 2.45) is 0 Å². The van der Waals surface area contributed by atoms with E-state index in [4.69, 9.17) is 8.83 Å². The Morgan fingerprint density at radius 2 is 0.860 bits per heavy atom. The highest BCUT2D eigenvalue weighted by Crippen LogP contribution is 2.47. The van der Waals surface area contributed by atoms with Gasteiger partial charge in [-0.15, -0.1) is 0 Å². The van der Waals surface area contributed by atoms with Crippen LogP contribution in [0.1, 0.15) is 0 Å². The van der Waals surface area contributed by atoms with Crippen LogP contribution in [-0.2, 0) is 0 Å². The van der Waals surface area contributed by atoms with E-state index in [1.165, 1.54) is 43.6 Å². The maximum atomic E-state index is 6.45. The maximum absolute atomic E-state index is 6.45. The molecule has 0 spiro atoms. The fraction of sp³-hybridized carbons (Fsp3) is 0. The zero-order valence-electron chi connectivity index (χ0n) is 30.8. The van der Waals surface area contributed by atoms with Crippen LogP contribution in [0.5, 0.6) is 0 Å². The van der Waals surface area contributed by atoms with Gasteiger partial charge in [0.25, 0.3) is 0 Å². The largest absolute Gasteiger partial charge is 0.456 e. The molecule has 266 valence electrons. The first kappa shape index (κ1) is 31.7. The molecule has 10 aromatic carbocycles. The van der Waals surface area contributed by atoms with Crippen LogP contribution in [0, 0.1) is 0 Å². The molecule has 0 aliphatic rings. The lowest BCUT2D eigenvalue weighted by Crippen LogP contribution is -2.11. The molecule has 0 aliphatic heterocycles. The molecule has 3 nitrogen and oxygen atoms in total. The van der Waals surface area contributed by atoms with Crippen LogP contribution in [0.4, 0.5) is 17.1 Å². The van der Waals surface area contributed by atoms with Crippen LogP contribution >= 0.6 is 0 Å². The highest BCUT2D eigenvalue weighted by atomic mass is 16.3. The van der Waals surface area contributed by atoms with Gasteiger partial charge in [-0.25, -0.2) is 0 Å². The fourth-order valence-electron chi connectivity index (χ4n) is 9.06. The van der Waals surface area contributed by atoms with Crippen LogP contribution in [0.25, 0.3) is 98.4 Å². The second kappa shape index (κ2) is 12.5. The van der Waals surface area contributed by atoms with Crippen molar-refractivity contribution in [3.8, 4) is 22.3 Å². The molecular weight excluding hydrogens is 695 g/mol. The predicted octanol–water partition coefficient (Wildman–Crippen LogP) is 15.7. The van der Waals surface area contributed by atoms with Gasteiger partial charge in [-0.1, -0.05) is 146 Å². The average molecular weight is 728 g/mol. The van der Waals surface area contributed by atoms with Crippen molar-refractivity contribution in [3.63, 3.8) is 0 Å². The van der Waals surface area contributed by atoms with E-state index < -0.39 is 0 Å². The Hall–Kier alpha value is -7.62. The minimum atomic E-state index is 0.862. The third-order valence-corrected chi connectivity index (χ3v) is 11.7. The molecule has 57 heavy (non-hydrogen) atoms. The Kier molecular flexibility index (Phi) is 6.93. The number of furan rings is 2. The first-order chi connectivity index (χ1) is 28.3. The molecule has 12 aromatic rings. The Bertz CT molecular complexity index is 3530. The van der Waals surface area contributed by atoms with E-state index in [2.05, 4.69) is 187 Å². The summed E-state index contributed by atoms with van der Waals surface area (Å²) in [4.78, 5) is 2.41. The SMILES string of the molecule is c1ccc2c(-c3ccc(N(c4ccc(-c5ccc6ccc7oc8ccccc8c7c6c5)c5ccccc45)c4cccc5oc6ccccc6c45)cc3)cccc2c1. The molecule has 0 amide bonds. The zero-order chi connectivity index (χ0) is 37.5. The first-order valence-electron chi connectivity index (χ1n) is 19.4. The lowest BCUT2D eigenvalue weighted by molar-refractivity contribution is 0.668. The van der Waals surface area contributed by atoms with Gasteiger partial charge in [-0.2, -0.15) is 0 Å². The smallest absolute Gasteiger partial charge is 0.137 e. The van der Waals surface area contributed by atoms with Gasteiger partial charge in [0.15, 0.2) is 0 Å². The van der Waals surface area contributed by atoms with Gasteiger partial charge in [0.1, 0.15) is 22.3 Å². The van der Waals surface area contributed by atoms with E-state index in [0.717, 1.165) is 71.9 Å². The van der Waals surface area contributed by atoms with E-state index >= 15 is 0 Å². The van der Waals surface area contributed by atoms with Gasteiger partial charge in [-0.3, -0.25) is 0 Å². The minimum Gasteiger partial charge on any atom is -0.456 e. The molecule has 2 aromatic heterocycles. The molecule has 0 bridgehead atoms. The highest BCUT2D eigenvalue weighted by molar-refractivity contribution is 6.20. The number of benzene rings is 10. The number of fused-ring (bicyclic) bond motifs is 10. The van der Waals surface area contributed by atoms with Gasteiger partial charge in [0.05, 0.1) is 16.8 Å². The quantitative estimate of drug-likeness (QED) is 0.177. The summed E-state index contributed by atoms with van der Waals surface area (Å²) >= 11 is 0. The molecular formula is C54H33NO2. The third kappa shape index (κ3) is 4.92. The topological polar surface area (TPSA) is 29.5 Å². The van der Waals surface area contributed by atoms with Crippen molar-refractivity contribution in [1.82, 2.24) is 0 Å². The van der Waals surface area contributed by atoms with Gasteiger partial charge < -0.3 is 13.7 Å². The van der Waals surface area contributed by atoms with E-state index in [1.807, 2.05) is 18.2 Å². The number of nitrogens with zero attached hydrogens (tertiary/aromatic N) is 1. The van der Waals surface area contributed by atoms with E-state index in [0.29, 0.717) is 0 Å². The maximum Gasteiger partial charge on any atom is 0.137 e. The number of anilines is 3. The van der Waals surface area contributed by atoms with Crippen LogP contribution < -0.4 is 4.90 Å². The molecule has 0 radical (unpaired) electrons. The van der Waals surface area contributed by atoms with Crippen LogP contribution in [0.2, 0.25) is 0 Å². The summed E-state index contributed by atoms with van der Waals surface area (Å²) in [6, 6.07) is 71.7. The van der Waals surface area contributed by atoms with Crippen molar-refractivity contribution >= 4 is 93.3 Å².